The summed E-state index contributed by atoms with van der Waals surface area (Å²) in [6.07, 6.45) is 13.6. The van der Waals surface area contributed by atoms with E-state index in [0.29, 0.717) is 23.2 Å². The molecule has 14 heteroatoms. The maximum Gasteiger partial charge on any atom is 0.335 e. The zero-order valence-corrected chi connectivity index (χ0v) is 34.7. The van der Waals surface area contributed by atoms with E-state index >= 15 is 0 Å². The normalized spacial score (nSPS) is 13.9. The summed E-state index contributed by atoms with van der Waals surface area (Å²) >= 11 is 6.74. The van der Waals surface area contributed by atoms with Crippen molar-refractivity contribution in [3.05, 3.63) is 118 Å². The lowest BCUT2D eigenvalue weighted by molar-refractivity contribution is 0.0696. The third-order valence-electron chi connectivity index (χ3n) is 9.77. The van der Waals surface area contributed by atoms with Crippen LogP contribution in [0.4, 0.5) is 10.8 Å². The van der Waals surface area contributed by atoms with Gasteiger partial charge in [0.25, 0.3) is 0 Å². The fourth-order valence-electron chi connectivity index (χ4n) is 7.18. The molecule has 4 heterocycles. The minimum atomic E-state index is -0.919. The molecule has 0 saturated carbocycles. The number of anilines is 2. The number of fused-ring (bicyclic) bond motifs is 2. The lowest BCUT2D eigenvalue weighted by Gasteiger charge is -2.33. The Bertz CT molecular complexity index is 2300. The first kappa shape index (κ1) is 39.2. The number of hydrogen-bond donors (Lipinski definition) is 2. The van der Waals surface area contributed by atoms with Crippen molar-refractivity contribution in [1.29, 1.82) is 0 Å². The monoisotopic (exact) mass is 827 g/mol. The SMILES string of the molecule is CCC(C(c1ccc2nc(Br)sc2c1)n1ccnc1)N(C)C.CCC(C(c1ccc2nc(Nc3ccc(C(=O)O)c(C)c3)sc2c1)n1ccnc1)N(C)C. The smallest absolute Gasteiger partial charge is 0.335 e. The van der Waals surface area contributed by atoms with Crippen molar-refractivity contribution in [2.24, 2.45) is 0 Å². The summed E-state index contributed by atoms with van der Waals surface area (Å²) in [5.41, 5.74) is 6.33. The largest absolute Gasteiger partial charge is 0.478 e. The van der Waals surface area contributed by atoms with Crippen LogP contribution in [0.2, 0.25) is 0 Å². The molecule has 4 unspecified atom stereocenters. The third kappa shape index (κ3) is 8.74. The predicted octanol–water partition coefficient (Wildman–Crippen LogP) is 9.36. The number of halogens is 1. The Balaban J connectivity index is 0.000000197. The number of aromatic carboxylic acids is 1. The second kappa shape index (κ2) is 17.3. The van der Waals surface area contributed by atoms with Crippen molar-refractivity contribution >= 4 is 75.8 Å². The molecule has 0 fully saturated rings. The van der Waals surface area contributed by atoms with Crippen LogP contribution in [0, 0.1) is 6.92 Å². The molecule has 0 aliphatic carbocycles. The van der Waals surface area contributed by atoms with Crippen LogP contribution in [-0.2, 0) is 0 Å². The number of hydrogen-bond acceptors (Lipinski definition) is 10. The number of imidazole rings is 2. The predicted molar refractivity (Wildman–Crippen MR) is 225 cm³/mol. The molecule has 7 aromatic rings. The van der Waals surface area contributed by atoms with E-state index in [0.717, 1.165) is 43.3 Å². The number of rotatable bonds is 13. The molecule has 282 valence electrons. The van der Waals surface area contributed by atoms with Crippen molar-refractivity contribution in [2.45, 2.75) is 57.8 Å². The Labute approximate surface area is 332 Å². The Morgan fingerprint density at radius 2 is 1.33 bits per heavy atom. The van der Waals surface area contributed by atoms with Crippen LogP contribution >= 0.6 is 38.6 Å². The van der Waals surface area contributed by atoms with Gasteiger partial charge in [-0.05, 0) is 123 Å². The Kier molecular flexibility index (Phi) is 12.6. The van der Waals surface area contributed by atoms with Gasteiger partial charge in [0.2, 0.25) is 0 Å². The summed E-state index contributed by atoms with van der Waals surface area (Å²) in [6.45, 7) is 6.24. The molecule has 0 saturated heterocycles. The molecule has 11 nitrogen and oxygen atoms in total. The minimum absolute atomic E-state index is 0.145. The summed E-state index contributed by atoms with van der Waals surface area (Å²) in [7, 11) is 8.51. The van der Waals surface area contributed by atoms with Crippen molar-refractivity contribution < 1.29 is 9.90 Å². The van der Waals surface area contributed by atoms with E-state index in [4.69, 9.17) is 4.98 Å². The maximum absolute atomic E-state index is 11.3. The molecule has 0 aliphatic heterocycles. The molecule has 7 rings (SSSR count). The molecule has 2 N–H and O–H groups in total. The van der Waals surface area contributed by atoms with Gasteiger partial charge in [-0.1, -0.05) is 37.3 Å². The van der Waals surface area contributed by atoms with Gasteiger partial charge < -0.3 is 29.4 Å². The molecule has 0 amide bonds. The van der Waals surface area contributed by atoms with E-state index < -0.39 is 5.97 Å². The Morgan fingerprint density at radius 1 is 0.796 bits per heavy atom. The molecule has 0 aliphatic rings. The Morgan fingerprint density at radius 3 is 1.80 bits per heavy atom. The van der Waals surface area contributed by atoms with Crippen LogP contribution in [0.15, 0.2) is 96.0 Å². The van der Waals surface area contributed by atoms with Gasteiger partial charge in [0.15, 0.2) is 9.05 Å². The number of benzene rings is 3. The number of likely N-dealkylation sites (N-methyl/N-ethyl adjacent to an activating group) is 2. The highest BCUT2D eigenvalue weighted by Crippen LogP contribution is 2.35. The van der Waals surface area contributed by atoms with Gasteiger partial charge in [-0.15, -0.1) is 11.3 Å². The van der Waals surface area contributed by atoms with Crippen LogP contribution in [0.3, 0.4) is 0 Å². The quantitative estimate of drug-likeness (QED) is 0.117. The molecule has 4 aromatic heterocycles. The van der Waals surface area contributed by atoms with E-state index in [1.54, 1.807) is 41.7 Å². The second-order valence-corrected chi connectivity index (χ2v) is 17.0. The summed E-state index contributed by atoms with van der Waals surface area (Å²) in [5.74, 6) is -0.919. The van der Waals surface area contributed by atoms with E-state index in [2.05, 4.69) is 134 Å². The summed E-state index contributed by atoms with van der Waals surface area (Å²) in [4.78, 5) is 33.5. The molecule has 0 spiro atoms. The standard InChI is InChI=1S/C24H27N5O2S.C16H19BrN4S/c1-5-20(28(3)4)22(29-11-10-25-14-29)16-6-9-19-21(13-16)32-24(27-19)26-17-7-8-18(23(30)31)15(2)12-17;1-4-13(20(2)3)15(21-8-7-18-10-21)11-5-6-12-14(9-11)22-16(17)19-12/h6-14,20,22H,5H2,1-4H3,(H,26,27)(H,30,31);5-10,13,15H,4H2,1-3H3. The molecular formula is C40H46BrN9O2S2. The van der Waals surface area contributed by atoms with Crippen LogP contribution in [0.25, 0.3) is 20.4 Å². The zero-order valence-electron chi connectivity index (χ0n) is 31.5. The number of aryl methyl sites for hydroxylation is 1. The maximum atomic E-state index is 11.3. The summed E-state index contributed by atoms with van der Waals surface area (Å²) < 4.78 is 7.61. The molecular weight excluding hydrogens is 783 g/mol. The fourth-order valence-corrected chi connectivity index (χ4v) is 9.56. The van der Waals surface area contributed by atoms with Crippen molar-refractivity contribution in [1.82, 2.24) is 38.9 Å². The molecule has 3 aromatic carbocycles. The fraction of sp³-hybridized carbons (Fsp3) is 0.325. The highest BCUT2D eigenvalue weighted by Gasteiger charge is 2.27. The number of nitrogens with one attached hydrogen (secondary N) is 1. The van der Waals surface area contributed by atoms with Gasteiger partial charge in [-0.2, -0.15) is 0 Å². The second-order valence-electron chi connectivity index (χ2n) is 13.7. The topological polar surface area (TPSA) is 117 Å². The van der Waals surface area contributed by atoms with Gasteiger partial charge >= 0.3 is 5.97 Å². The number of thiazole rings is 2. The molecule has 4 atom stereocenters. The lowest BCUT2D eigenvalue weighted by atomic mass is 9.96. The number of carbonyl (C=O) groups is 1. The van der Waals surface area contributed by atoms with E-state index in [9.17, 15) is 9.90 Å². The third-order valence-corrected chi connectivity index (χ3v) is 12.2. The van der Waals surface area contributed by atoms with Crippen molar-refractivity contribution in [3.8, 4) is 0 Å². The first-order valence-corrected chi connectivity index (χ1v) is 20.2. The van der Waals surface area contributed by atoms with E-state index in [1.165, 1.54) is 15.8 Å². The average Bonchev–Trinajstić information content (AvgIpc) is 3.96. The van der Waals surface area contributed by atoms with Gasteiger partial charge in [0.1, 0.15) is 0 Å². The Hall–Kier alpha value is -4.47. The van der Waals surface area contributed by atoms with E-state index in [1.807, 2.05) is 43.5 Å². The van der Waals surface area contributed by atoms with Gasteiger partial charge in [-0.3, -0.25) is 0 Å². The molecule has 0 bridgehead atoms. The highest BCUT2D eigenvalue weighted by atomic mass is 79.9. The summed E-state index contributed by atoms with van der Waals surface area (Å²) in [6, 6.07) is 19.3. The highest BCUT2D eigenvalue weighted by molar-refractivity contribution is 9.11. The minimum Gasteiger partial charge on any atom is -0.478 e. The van der Waals surface area contributed by atoms with Gasteiger partial charge in [0, 0.05) is 42.6 Å². The first-order valence-electron chi connectivity index (χ1n) is 17.8. The van der Waals surface area contributed by atoms with Crippen LogP contribution in [0.5, 0.6) is 0 Å². The van der Waals surface area contributed by atoms with Crippen LogP contribution in [-0.4, -0.2) is 90.2 Å². The number of carboxylic acids is 1. The first-order chi connectivity index (χ1) is 26.0. The van der Waals surface area contributed by atoms with Gasteiger partial charge in [-0.25, -0.2) is 24.7 Å². The van der Waals surface area contributed by atoms with Crippen LogP contribution < -0.4 is 5.32 Å². The van der Waals surface area contributed by atoms with Crippen LogP contribution in [0.1, 0.15) is 65.8 Å². The van der Waals surface area contributed by atoms with Crippen molar-refractivity contribution in [2.75, 3.05) is 33.5 Å². The number of carboxylic acid groups (broad SMARTS) is 1. The number of aromatic nitrogens is 6. The van der Waals surface area contributed by atoms with Crippen molar-refractivity contribution in [3.63, 3.8) is 0 Å². The lowest BCUT2D eigenvalue weighted by Crippen LogP contribution is -2.36. The summed E-state index contributed by atoms with van der Waals surface area (Å²) in [5, 5.41) is 13.3. The number of nitrogens with zero attached hydrogens (tertiary/aromatic N) is 8. The zero-order chi connectivity index (χ0) is 38.5. The molecule has 0 radical (unpaired) electrons. The van der Waals surface area contributed by atoms with Gasteiger partial charge in [0.05, 0.1) is 50.7 Å². The molecule has 54 heavy (non-hydrogen) atoms. The van der Waals surface area contributed by atoms with E-state index in [-0.39, 0.29) is 12.1 Å². The average molecular weight is 829 g/mol.